The van der Waals surface area contributed by atoms with E-state index < -0.39 is 0 Å². The molecule has 0 radical (unpaired) electrons. The minimum atomic E-state index is -0.282. The van der Waals surface area contributed by atoms with Crippen LogP contribution < -0.4 is 5.32 Å². The number of aromatic nitrogens is 2. The number of H-pyrrole nitrogens is 1. The fraction of sp³-hybridized carbons (Fsp3) is 0.250. The maximum atomic E-state index is 12.2. The van der Waals surface area contributed by atoms with Gasteiger partial charge in [-0.15, -0.1) is 0 Å². The molecule has 0 aliphatic heterocycles. The summed E-state index contributed by atoms with van der Waals surface area (Å²) in [7, 11) is 1.58. The van der Waals surface area contributed by atoms with Crippen LogP contribution in [0.3, 0.4) is 0 Å². The van der Waals surface area contributed by atoms with Gasteiger partial charge in [-0.25, -0.2) is 4.98 Å². The minimum Gasteiger partial charge on any atom is -0.453 e. The third kappa shape index (κ3) is 2.87. The van der Waals surface area contributed by atoms with E-state index in [-0.39, 0.29) is 17.7 Å². The standard InChI is InChI=1S/C16H17N3O3/c1-10(15-18-12-5-3-4-6-13(12)19-15)17-16(20)14-8-7-11(22-14)9-21-2/h3-8,10H,9H2,1-2H3,(H,17,20)(H,18,19)/t10-/m0/s1. The second kappa shape index (κ2) is 6.03. The van der Waals surface area contributed by atoms with E-state index in [0.717, 1.165) is 11.0 Å². The lowest BCUT2D eigenvalue weighted by Gasteiger charge is -2.09. The molecule has 1 aromatic carbocycles. The van der Waals surface area contributed by atoms with Crippen LogP contribution >= 0.6 is 0 Å². The number of methoxy groups -OCH3 is 1. The molecule has 3 rings (SSSR count). The summed E-state index contributed by atoms with van der Waals surface area (Å²) in [6.07, 6.45) is 0. The second-order valence-corrected chi connectivity index (χ2v) is 5.03. The summed E-state index contributed by atoms with van der Waals surface area (Å²) >= 11 is 0. The Balaban J connectivity index is 1.72. The highest BCUT2D eigenvalue weighted by molar-refractivity contribution is 5.91. The van der Waals surface area contributed by atoms with Crippen LogP contribution in [0.2, 0.25) is 0 Å². The Morgan fingerprint density at radius 2 is 2.18 bits per heavy atom. The molecule has 2 aromatic heterocycles. The largest absolute Gasteiger partial charge is 0.453 e. The first-order chi connectivity index (χ1) is 10.7. The van der Waals surface area contributed by atoms with Gasteiger partial charge in [-0.2, -0.15) is 0 Å². The van der Waals surface area contributed by atoms with Crippen LogP contribution in [0.1, 0.15) is 35.1 Å². The number of carbonyl (C=O) groups excluding carboxylic acids is 1. The Bertz CT molecular complexity index is 758. The minimum absolute atomic E-state index is 0.254. The average Bonchev–Trinajstić information content (AvgIpc) is 3.13. The molecule has 0 aliphatic rings. The SMILES string of the molecule is COCc1ccc(C(=O)N[C@@H](C)c2nc3ccccc3[nH]2)o1. The molecule has 0 saturated heterocycles. The molecule has 0 spiro atoms. The maximum Gasteiger partial charge on any atom is 0.287 e. The predicted molar refractivity (Wildman–Crippen MR) is 81.4 cm³/mol. The fourth-order valence-electron chi connectivity index (χ4n) is 2.23. The summed E-state index contributed by atoms with van der Waals surface area (Å²) in [5, 5.41) is 2.86. The maximum absolute atomic E-state index is 12.2. The molecule has 0 bridgehead atoms. The van der Waals surface area contributed by atoms with Gasteiger partial charge in [0.15, 0.2) is 5.76 Å². The van der Waals surface area contributed by atoms with Crippen molar-refractivity contribution < 1.29 is 13.9 Å². The first kappa shape index (κ1) is 14.3. The van der Waals surface area contributed by atoms with E-state index in [1.165, 1.54) is 0 Å². The number of carbonyl (C=O) groups is 1. The number of para-hydroxylation sites is 2. The first-order valence-electron chi connectivity index (χ1n) is 7.00. The van der Waals surface area contributed by atoms with Crippen LogP contribution in [0.4, 0.5) is 0 Å². The molecule has 1 atom stereocenters. The third-order valence-electron chi connectivity index (χ3n) is 3.34. The summed E-state index contributed by atoms with van der Waals surface area (Å²) in [6.45, 7) is 2.21. The van der Waals surface area contributed by atoms with Crippen LogP contribution in [-0.2, 0) is 11.3 Å². The molecule has 0 saturated carbocycles. The van der Waals surface area contributed by atoms with Crippen LogP contribution in [0.15, 0.2) is 40.8 Å². The van der Waals surface area contributed by atoms with E-state index in [0.29, 0.717) is 18.2 Å². The lowest BCUT2D eigenvalue weighted by atomic mass is 10.3. The molecule has 114 valence electrons. The quantitative estimate of drug-likeness (QED) is 0.759. The number of furan rings is 1. The van der Waals surface area contributed by atoms with E-state index in [4.69, 9.17) is 9.15 Å². The molecule has 0 fully saturated rings. The number of nitrogens with one attached hydrogen (secondary N) is 2. The Kier molecular flexibility index (Phi) is 3.93. The lowest BCUT2D eigenvalue weighted by molar-refractivity contribution is 0.0901. The van der Waals surface area contributed by atoms with Crippen molar-refractivity contribution in [1.82, 2.24) is 15.3 Å². The number of rotatable bonds is 5. The van der Waals surface area contributed by atoms with E-state index in [1.54, 1.807) is 19.2 Å². The summed E-state index contributed by atoms with van der Waals surface area (Å²) in [6, 6.07) is 10.8. The number of aromatic amines is 1. The van der Waals surface area contributed by atoms with E-state index in [1.807, 2.05) is 31.2 Å². The van der Waals surface area contributed by atoms with E-state index in [2.05, 4.69) is 15.3 Å². The predicted octanol–water partition coefficient (Wildman–Crippen LogP) is 2.79. The zero-order valence-corrected chi connectivity index (χ0v) is 12.4. The molecule has 0 aliphatic carbocycles. The highest BCUT2D eigenvalue weighted by atomic mass is 16.5. The van der Waals surface area contributed by atoms with Crippen molar-refractivity contribution in [2.24, 2.45) is 0 Å². The van der Waals surface area contributed by atoms with E-state index >= 15 is 0 Å². The molecule has 1 amide bonds. The van der Waals surface area contributed by atoms with Gasteiger partial charge in [0.1, 0.15) is 18.2 Å². The van der Waals surface area contributed by atoms with Gasteiger partial charge < -0.3 is 19.5 Å². The lowest BCUT2D eigenvalue weighted by Crippen LogP contribution is -2.27. The Morgan fingerprint density at radius 3 is 2.95 bits per heavy atom. The summed E-state index contributed by atoms with van der Waals surface area (Å²) in [5.41, 5.74) is 1.82. The monoisotopic (exact) mass is 299 g/mol. The van der Waals surface area contributed by atoms with Crippen molar-refractivity contribution in [2.75, 3.05) is 7.11 Å². The number of ether oxygens (including phenoxy) is 1. The summed E-state index contributed by atoms with van der Waals surface area (Å²) in [5.74, 6) is 1.30. The topological polar surface area (TPSA) is 80.1 Å². The Labute approximate surface area is 127 Å². The van der Waals surface area contributed by atoms with Gasteiger partial charge in [-0.1, -0.05) is 12.1 Å². The number of hydrogen-bond donors (Lipinski definition) is 2. The van der Waals surface area contributed by atoms with Crippen molar-refractivity contribution >= 4 is 16.9 Å². The zero-order chi connectivity index (χ0) is 15.5. The number of nitrogens with zero attached hydrogens (tertiary/aromatic N) is 1. The van der Waals surface area contributed by atoms with Crippen molar-refractivity contribution in [3.05, 3.63) is 53.7 Å². The second-order valence-electron chi connectivity index (χ2n) is 5.03. The van der Waals surface area contributed by atoms with Gasteiger partial charge in [0, 0.05) is 7.11 Å². The van der Waals surface area contributed by atoms with Crippen LogP contribution in [0.5, 0.6) is 0 Å². The van der Waals surface area contributed by atoms with E-state index in [9.17, 15) is 4.79 Å². The molecule has 2 N–H and O–H groups in total. The summed E-state index contributed by atoms with van der Waals surface area (Å²) < 4.78 is 10.4. The third-order valence-corrected chi connectivity index (χ3v) is 3.34. The van der Waals surface area contributed by atoms with Crippen LogP contribution in [0.25, 0.3) is 11.0 Å². The van der Waals surface area contributed by atoms with Gasteiger partial charge in [-0.05, 0) is 31.2 Å². The van der Waals surface area contributed by atoms with Gasteiger partial charge in [0.2, 0.25) is 0 Å². The molecule has 3 aromatic rings. The molecular formula is C16H17N3O3. The molecule has 22 heavy (non-hydrogen) atoms. The van der Waals surface area contributed by atoms with Crippen LogP contribution in [-0.4, -0.2) is 23.0 Å². The average molecular weight is 299 g/mol. The fourth-order valence-corrected chi connectivity index (χ4v) is 2.23. The zero-order valence-electron chi connectivity index (χ0n) is 12.4. The van der Waals surface area contributed by atoms with Crippen molar-refractivity contribution in [3.63, 3.8) is 0 Å². The molecule has 6 heteroatoms. The number of hydrogen-bond acceptors (Lipinski definition) is 4. The first-order valence-corrected chi connectivity index (χ1v) is 7.00. The number of amides is 1. The summed E-state index contributed by atoms with van der Waals surface area (Å²) in [4.78, 5) is 19.8. The molecule has 2 heterocycles. The van der Waals surface area contributed by atoms with Crippen molar-refractivity contribution in [3.8, 4) is 0 Å². The number of fused-ring (bicyclic) bond motifs is 1. The molecule has 0 unspecified atom stereocenters. The van der Waals surface area contributed by atoms with Gasteiger partial charge in [0.05, 0.1) is 17.1 Å². The highest BCUT2D eigenvalue weighted by Crippen LogP contribution is 2.16. The molecule has 6 nitrogen and oxygen atoms in total. The molecular weight excluding hydrogens is 282 g/mol. The van der Waals surface area contributed by atoms with Crippen molar-refractivity contribution in [1.29, 1.82) is 0 Å². The van der Waals surface area contributed by atoms with Crippen molar-refractivity contribution in [2.45, 2.75) is 19.6 Å². The number of imidazole rings is 1. The highest BCUT2D eigenvalue weighted by Gasteiger charge is 2.17. The number of benzene rings is 1. The normalized spacial score (nSPS) is 12.5. The van der Waals surface area contributed by atoms with Crippen LogP contribution in [0, 0.1) is 0 Å². The van der Waals surface area contributed by atoms with Gasteiger partial charge in [-0.3, -0.25) is 4.79 Å². The van der Waals surface area contributed by atoms with Gasteiger partial charge in [0.25, 0.3) is 5.91 Å². The smallest absolute Gasteiger partial charge is 0.287 e. The Hall–Kier alpha value is -2.60. The Morgan fingerprint density at radius 1 is 1.36 bits per heavy atom. The van der Waals surface area contributed by atoms with Gasteiger partial charge >= 0.3 is 0 Å².